The fourth-order valence-corrected chi connectivity index (χ4v) is 2.72. The number of nitrogens with one attached hydrogen (secondary N) is 2. The van der Waals surface area contributed by atoms with Gasteiger partial charge in [0, 0.05) is 16.2 Å². The average molecular weight is 395 g/mol. The Morgan fingerprint density at radius 2 is 2.37 bits per heavy atom. The fraction of sp³-hybridized carbons (Fsp3) is 0.462. The molecule has 0 aliphatic carbocycles. The number of methoxy groups -OCH3 is 1. The van der Waals surface area contributed by atoms with Crippen LogP contribution in [-0.4, -0.2) is 32.1 Å². The lowest BCUT2D eigenvalue weighted by atomic mass is 10.1. The number of ether oxygens (including phenoxy) is 1. The summed E-state index contributed by atoms with van der Waals surface area (Å²) in [6.07, 6.45) is 2.08. The van der Waals surface area contributed by atoms with E-state index in [-0.39, 0.29) is 11.9 Å². The van der Waals surface area contributed by atoms with Crippen LogP contribution in [0.4, 0.5) is 0 Å². The van der Waals surface area contributed by atoms with Crippen LogP contribution in [-0.2, 0) is 0 Å². The van der Waals surface area contributed by atoms with Gasteiger partial charge in [0.1, 0.15) is 5.75 Å². The van der Waals surface area contributed by atoms with Crippen LogP contribution in [0.3, 0.4) is 0 Å². The molecule has 2 N–H and O–H groups in total. The summed E-state index contributed by atoms with van der Waals surface area (Å²) in [6.45, 7) is 1.83. The van der Waals surface area contributed by atoms with E-state index in [0.29, 0.717) is 16.3 Å². The molecule has 104 valence electrons. The molecule has 1 atom stereocenters. The highest BCUT2D eigenvalue weighted by atomic mass is 127. The molecule has 0 aromatic heterocycles. The molecule has 1 aliphatic rings. The fourth-order valence-electron chi connectivity index (χ4n) is 2.11. The van der Waals surface area contributed by atoms with Gasteiger partial charge in [0.25, 0.3) is 5.91 Å². The van der Waals surface area contributed by atoms with Crippen molar-refractivity contribution in [2.24, 2.45) is 0 Å². The van der Waals surface area contributed by atoms with Crippen molar-refractivity contribution in [1.82, 2.24) is 10.6 Å². The van der Waals surface area contributed by atoms with E-state index < -0.39 is 0 Å². The summed E-state index contributed by atoms with van der Waals surface area (Å²) in [4.78, 5) is 12.3. The molecule has 19 heavy (non-hydrogen) atoms. The standard InChI is InChI=1S/C13H16ClIN2O2/c1-19-12-6-11(15)10(14)5-9(12)13(18)17-8-3-2-4-16-7-8/h5-6,8,16H,2-4,7H2,1H3,(H,17,18). The number of hydrogen-bond donors (Lipinski definition) is 2. The SMILES string of the molecule is COc1cc(I)c(Cl)cc1C(=O)NC1CCCNC1. The van der Waals surface area contributed by atoms with Gasteiger partial charge in [-0.05, 0) is 54.1 Å². The zero-order valence-electron chi connectivity index (χ0n) is 10.6. The van der Waals surface area contributed by atoms with E-state index in [1.807, 2.05) is 0 Å². The molecule has 2 rings (SSSR count). The zero-order valence-corrected chi connectivity index (χ0v) is 13.5. The van der Waals surface area contributed by atoms with Crippen LogP contribution in [0.25, 0.3) is 0 Å². The molecule has 6 heteroatoms. The molecule has 1 aliphatic heterocycles. The van der Waals surface area contributed by atoms with Crippen LogP contribution >= 0.6 is 34.2 Å². The van der Waals surface area contributed by atoms with E-state index in [1.165, 1.54) is 0 Å². The van der Waals surface area contributed by atoms with Crippen molar-refractivity contribution in [3.05, 3.63) is 26.3 Å². The van der Waals surface area contributed by atoms with Crippen LogP contribution in [0.15, 0.2) is 12.1 Å². The monoisotopic (exact) mass is 394 g/mol. The maximum absolute atomic E-state index is 12.3. The van der Waals surface area contributed by atoms with Crippen LogP contribution in [0.1, 0.15) is 23.2 Å². The van der Waals surface area contributed by atoms with E-state index in [2.05, 4.69) is 33.2 Å². The topological polar surface area (TPSA) is 50.4 Å². The first-order valence-corrected chi connectivity index (χ1v) is 7.62. The molecule has 1 unspecified atom stereocenters. The van der Waals surface area contributed by atoms with Gasteiger partial charge in [0.15, 0.2) is 0 Å². The summed E-state index contributed by atoms with van der Waals surface area (Å²) in [7, 11) is 1.55. The van der Waals surface area contributed by atoms with Gasteiger partial charge in [-0.25, -0.2) is 0 Å². The molecule has 1 amide bonds. The van der Waals surface area contributed by atoms with Crippen molar-refractivity contribution in [3.63, 3.8) is 0 Å². The minimum atomic E-state index is -0.135. The van der Waals surface area contributed by atoms with E-state index in [9.17, 15) is 4.79 Å². The van der Waals surface area contributed by atoms with E-state index in [1.54, 1.807) is 19.2 Å². The summed E-state index contributed by atoms with van der Waals surface area (Å²) in [5, 5.41) is 6.84. The quantitative estimate of drug-likeness (QED) is 0.774. The van der Waals surface area contributed by atoms with E-state index >= 15 is 0 Å². The first-order valence-electron chi connectivity index (χ1n) is 6.16. The third kappa shape index (κ3) is 3.73. The Morgan fingerprint density at radius 3 is 3.00 bits per heavy atom. The van der Waals surface area contributed by atoms with Crippen LogP contribution in [0, 0.1) is 3.57 Å². The van der Waals surface area contributed by atoms with Crippen LogP contribution in [0.2, 0.25) is 5.02 Å². The smallest absolute Gasteiger partial charge is 0.255 e. The molecule has 0 spiro atoms. The number of halogens is 2. The predicted molar refractivity (Wildman–Crippen MR) is 84.1 cm³/mol. The van der Waals surface area contributed by atoms with Crippen molar-refractivity contribution < 1.29 is 9.53 Å². The molecule has 4 nitrogen and oxygen atoms in total. The van der Waals surface area contributed by atoms with Crippen molar-refractivity contribution in [2.45, 2.75) is 18.9 Å². The van der Waals surface area contributed by atoms with Crippen molar-refractivity contribution in [1.29, 1.82) is 0 Å². The van der Waals surface area contributed by atoms with Crippen molar-refractivity contribution in [2.75, 3.05) is 20.2 Å². The lowest BCUT2D eigenvalue weighted by Crippen LogP contribution is -2.45. The number of rotatable bonds is 3. The third-order valence-electron chi connectivity index (χ3n) is 3.12. The molecule has 1 aromatic rings. The maximum atomic E-state index is 12.3. The highest BCUT2D eigenvalue weighted by Crippen LogP contribution is 2.28. The molecular formula is C13H16ClIN2O2. The third-order valence-corrected chi connectivity index (χ3v) is 4.64. The Morgan fingerprint density at radius 1 is 1.58 bits per heavy atom. The Kier molecular flexibility index (Phi) is 5.29. The summed E-state index contributed by atoms with van der Waals surface area (Å²) in [5.41, 5.74) is 0.485. The molecule has 1 fully saturated rings. The Bertz CT molecular complexity index is 476. The first-order chi connectivity index (χ1) is 9.11. The second kappa shape index (κ2) is 6.76. The van der Waals surface area contributed by atoms with Gasteiger partial charge in [0.2, 0.25) is 0 Å². The Labute approximate surface area is 131 Å². The molecule has 1 saturated heterocycles. The number of amides is 1. The average Bonchev–Trinajstić information content (AvgIpc) is 2.42. The molecule has 0 bridgehead atoms. The summed E-state index contributed by atoms with van der Waals surface area (Å²) >= 11 is 8.19. The van der Waals surface area contributed by atoms with Crippen molar-refractivity contribution in [3.8, 4) is 5.75 Å². The predicted octanol–water partition coefficient (Wildman–Crippen LogP) is 2.44. The summed E-state index contributed by atoms with van der Waals surface area (Å²) < 4.78 is 6.12. The van der Waals surface area contributed by atoms with E-state index in [4.69, 9.17) is 16.3 Å². The Hall–Kier alpha value is -0.530. The summed E-state index contributed by atoms with van der Waals surface area (Å²) in [6, 6.07) is 3.61. The second-order valence-corrected chi connectivity index (χ2v) is 6.05. The minimum Gasteiger partial charge on any atom is -0.496 e. The number of benzene rings is 1. The van der Waals surface area contributed by atoms with Gasteiger partial charge in [-0.2, -0.15) is 0 Å². The lowest BCUT2D eigenvalue weighted by Gasteiger charge is -2.24. The normalized spacial score (nSPS) is 19.0. The number of carbonyl (C=O) groups excluding carboxylic acids is 1. The minimum absolute atomic E-state index is 0.135. The molecule has 0 saturated carbocycles. The van der Waals surface area contributed by atoms with Crippen LogP contribution in [0.5, 0.6) is 5.75 Å². The molecular weight excluding hydrogens is 379 g/mol. The van der Waals surface area contributed by atoms with Gasteiger partial charge in [-0.1, -0.05) is 11.6 Å². The van der Waals surface area contributed by atoms with Crippen LogP contribution < -0.4 is 15.4 Å². The Balaban J connectivity index is 2.15. The molecule has 1 aromatic carbocycles. The summed E-state index contributed by atoms with van der Waals surface area (Å²) in [5.74, 6) is 0.416. The first kappa shape index (κ1) is 14.9. The zero-order chi connectivity index (χ0) is 13.8. The van der Waals surface area contributed by atoms with Crippen molar-refractivity contribution >= 4 is 40.1 Å². The number of carbonyl (C=O) groups is 1. The van der Waals surface area contributed by atoms with Gasteiger partial charge < -0.3 is 15.4 Å². The van der Waals surface area contributed by atoms with E-state index in [0.717, 1.165) is 29.5 Å². The van der Waals surface area contributed by atoms with Gasteiger partial charge in [0.05, 0.1) is 17.7 Å². The van der Waals surface area contributed by atoms with Gasteiger partial charge in [-0.3, -0.25) is 4.79 Å². The maximum Gasteiger partial charge on any atom is 0.255 e. The van der Waals surface area contributed by atoms with Gasteiger partial charge >= 0.3 is 0 Å². The highest BCUT2D eigenvalue weighted by molar-refractivity contribution is 14.1. The highest BCUT2D eigenvalue weighted by Gasteiger charge is 2.20. The lowest BCUT2D eigenvalue weighted by molar-refractivity contribution is 0.0927. The molecule has 1 heterocycles. The van der Waals surface area contributed by atoms with Gasteiger partial charge in [-0.15, -0.1) is 0 Å². The second-order valence-electron chi connectivity index (χ2n) is 4.48. The largest absolute Gasteiger partial charge is 0.496 e. The molecule has 0 radical (unpaired) electrons. The number of hydrogen-bond acceptors (Lipinski definition) is 3. The number of piperidine rings is 1.